The Bertz CT molecular complexity index is 857. The zero-order valence-electron chi connectivity index (χ0n) is 19.2. The van der Waals surface area contributed by atoms with Crippen molar-refractivity contribution in [3.05, 3.63) is 58.4 Å². The Labute approximate surface area is 188 Å². The van der Waals surface area contributed by atoms with E-state index in [4.69, 9.17) is 23.7 Å². The second-order valence-corrected chi connectivity index (χ2v) is 7.04. The van der Waals surface area contributed by atoms with E-state index in [0.29, 0.717) is 28.3 Å². The lowest BCUT2D eigenvalue weighted by Gasteiger charge is -2.28. The highest BCUT2D eigenvalue weighted by Gasteiger charge is 2.35. The second kappa shape index (κ2) is 12.7. The Morgan fingerprint density at radius 1 is 0.875 bits per heavy atom. The SMILES string of the molecule is COCCOC(=O)C1=C(C)NC(C)=C(C(=O)OCCOC)C1C=Cc1ccccc1OC. The molecule has 0 atom stereocenters. The van der Waals surface area contributed by atoms with Crippen LogP contribution in [0.25, 0.3) is 6.08 Å². The molecule has 1 aliphatic heterocycles. The summed E-state index contributed by atoms with van der Waals surface area (Å²) in [6, 6.07) is 7.47. The molecule has 0 saturated carbocycles. The van der Waals surface area contributed by atoms with Gasteiger partial charge in [-0.1, -0.05) is 30.4 Å². The number of dihydropyridines is 1. The molecule has 0 bridgehead atoms. The maximum atomic E-state index is 12.9. The Morgan fingerprint density at radius 3 is 1.91 bits per heavy atom. The van der Waals surface area contributed by atoms with Gasteiger partial charge in [-0.3, -0.25) is 0 Å². The maximum Gasteiger partial charge on any atom is 0.336 e. The van der Waals surface area contributed by atoms with Crippen molar-refractivity contribution >= 4 is 18.0 Å². The maximum absolute atomic E-state index is 12.9. The fourth-order valence-corrected chi connectivity index (χ4v) is 3.37. The number of methoxy groups -OCH3 is 3. The van der Waals surface area contributed by atoms with Gasteiger partial charge in [0, 0.05) is 37.1 Å². The number of para-hydroxylation sites is 1. The van der Waals surface area contributed by atoms with E-state index < -0.39 is 17.9 Å². The largest absolute Gasteiger partial charge is 0.496 e. The molecule has 0 saturated heterocycles. The lowest BCUT2D eigenvalue weighted by atomic mass is 9.84. The molecule has 32 heavy (non-hydrogen) atoms. The first-order valence-electron chi connectivity index (χ1n) is 10.3. The minimum atomic E-state index is -0.675. The molecular formula is C24H31NO7. The highest BCUT2D eigenvalue weighted by molar-refractivity contribution is 5.98. The Balaban J connectivity index is 2.44. The molecule has 1 N–H and O–H groups in total. The van der Waals surface area contributed by atoms with Crippen LogP contribution in [0.5, 0.6) is 5.75 Å². The van der Waals surface area contributed by atoms with Gasteiger partial charge in [0.1, 0.15) is 19.0 Å². The van der Waals surface area contributed by atoms with Gasteiger partial charge >= 0.3 is 11.9 Å². The first-order chi connectivity index (χ1) is 15.4. The van der Waals surface area contributed by atoms with Crippen molar-refractivity contribution in [3.8, 4) is 5.75 Å². The highest BCUT2D eigenvalue weighted by Crippen LogP contribution is 2.33. The van der Waals surface area contributed by atoms with Gasteiger partial charge in [0.05, 0.1) is 31.5 Å². The number of rotatable bonds is 11. The van der Waals surface area contributed by atoms with Crippen molar-refractivity contribution in [1.29, 1.82) is 0 Å². The highest BCUT2D eigenvalue weighted by atomic mass is 16.6. The molecule has 0 spiro atoms. The van der Waals surface area contributed by atoms with Crippen molar-refractivity contribution in [2.75, 3.05) is 47.8 Å². The Kier molecular flexibility index (Phi) is 9.97. The van der Waals surface area contributed by atoms with E-state index in [0.717, 1.165) is 5.56 Å². The number of carbonyl (C=O) groups is 2. The van der Waals surface area contributed by atoms with E-state index >= 15 is 0 Å². The summed E-state index contributed by atoms with van der Waals surface area (Å²) in [6.45, 7) is 4.29. The molecule has 0 radical (unpaired) electrons. The minimum Gasteiger partial charge on any atom is -0.496 e. The number of benzene rings is 1. The summed E-state index contributed by atoms with van der Waals surface area (Å²) in [4.78, 5) is 25.9. The van der Waals surface area contributed by atoms with Gasteiger partial charge in [0.15, 0.2) is 0 Å². The van der Waals surface area contributed by atoms with Crippen molar-refractivity contribution in [1.82, 2.24) is 5.32 Å². The first kappa shape index (κ1) is 25.2. The average Bonchev–Trinajstić information content (AvgIpc) is 2.77. The molecule has 1 aromatic rings. The average molecular weight is 446 g/mol. The van der Waals surface area contributed by atoms with Crippen LogP contribution >= 0.6 is 0 Å². The molecular weight excluding hydrogens is 414 g/mol. The summed E-state index contributed by atoms with van der Waals surface area (Å²) in [5.41, 5.74) is 2.68. The van der Waals surface area contributed by atoms with Crippen LogP contribution in [-0.2, 0) is 28.5 Å². The zero-order chi connectivity index (χ0) is 23.5. The van der Waals surface area contributed by atoms with Crippen molar-refractivity contribution in [3.63, 3.8) is 0 Å². The molecule has 1 aliphatic rings. The molecule has 0 aromatic heterocycles. The van der Waals surface area contributed by atoms with Gasteiger partial charge in [-0.2, -0.15) is 0 Å². The van der Waals surface area contributed by atoms with E-state index in [1.54, 1.807) is 27.0 Å². The number of ether oxygens (including phenoxy) is 5. The smallest absolute Gasteiger partial charge is 0.336 e. The number of hydrogen-bond donors (Lipinski definition) is 1. The summed E-state index contributed by atoms with van der Waals surface area (Å²) < 4.78 is 26.1. The minimum absolute atomic E-state index is 0.103. The summed E-state index contributed by atoms with van der Waals surface area (Å²) >= 11 is 0. The monoisotopic (exact) mass is 445 g/mol. The van der Waals surface area contributed by atoms with Gasteiger partial charge in [0.2, 0.25) is 0 Å². The van der Waals surface area contributed by atoms with E-state index in [2.05, 4.69) is 5.32 Å². The quantitative estimate of drug-likeness (QED) is 0.411. The summed E-state index contributed by atoms with van der Waals surface area (Å²) in [5, 5.41) is 3.11. The van der Waals surface area contributed by atoms with Crippen LogP contribution in [0.2, 0.25) is 0 Å². The molecule has 0 aliphatic carbocycles. The normalized spacial score (nSPS) is 14.5. The van der Waals surface area contributed by atoms with Gasteiger partial charge in [-0.25, -0.2) is 9.59 Å². The van der Waals surface area contributed by atoms with Gasteiger partial charge in [-0.15, -0.1) is 0 Å². The predicted octanol–water partition coefficient (Wildman–Crippen LogP) is 2.86. The van der Waals surface area contributed by atoms with Crippen LogP contribution in [0.4, 0.5) is 0 Å². The van der Waals surface area contributed by atoms with E-state index in [1.165, 1.54) is 14.2 Å². The van der Waals surface area contributed by atoms with Gasteiger partial charge in [0.25, 0.3) is 0 Å². The number of allylic oxidation sites excluding steroid dienone is 3. The van der Waals surface area contributed by atoms with Crippen molar-refractivity contribution in [2.24, 2.45) is 5.92 Å². The van der Waals surface area contributed by atoms with Gasteiger partial charge < -0.3 is 29.0 Å². The fraction of sp³-hybridized carbons (Fsp3) is 0.417. The molecule has 174 valence electrons. The standard InChI is InChI=1S/C24H31NO7/c1-16-21(23(26)31-14-12-28-3)19(11-10-18-8-6-7-9-20(18)30-5)22(17(2)25-16)24(27)32-15-13-29-4/h6-11,19,25H,12-15H2,1-5H3. The van der Waals surface area contributed by atoms with Crippen LogP contribution in [0.15, 0.2) is 52.9 Å². The van der Waals surface area contributed by atoms with E-state index in [1.807, 2.05) is 30.3 Å². The van der Waals surface area contributed by atoms with E-state index in [9.17, 15) is 9.59 Å². The fourth-order valence-electron chi connectivity index (χ4n) is 3.37. The first-order valence-corrected chi connectivity index (χ1v) is 10.3. The van der Waals surface area contributed by atoms with E-state index in [-0.39, 0.29) is 26.4 Å². The van der Waals surface area contributed by atoms with Crippen LogP contribution < -0.4 is 10.1 Å². The summed E-state index contributed by atoms with van der Waals surface area (Å²) in [7, 11) is 4.64. The lowest BCUT2D eigenvalue weighted by molar-refractivity contribution is -0.141. The molecule has 0 amide bonds. The molecule has 0 fully saturated rings. The number of carbonyl (C=O) groups excluding carboxylic acids is 2. The van der Waals surface area contributed by atoms with Crippen LogP contribution in [0.3, 0.4) is 0 Å². The third kappa shape index (κ3) is 6.45. The van der Waals surface area contributed by atoms with Crippen molar-refractivity contribution in [2.45, 2.75) is 13.8 Å². The number of nitrogens with one attached hydrogen (secondary N) is 1. The van der Waals surface area contributed by atoms with Crippen LogP contribution in [0, 0.1) is 5.92 Å². The summed E-state index contributed by atoms with van der Waals surface area (Å²) in [6.07, 6.45) is 3.60. The zero-order valence-corrected chi connectivity index (χ0v) is 19.2. The topological polar surface area (TPSA) is 92.3 Å². The Morgan fingerprint density at radius 2 is 1.41 bits per heavy atom. The summed E-state index contributed by atoms with van der Waals surface area (Å²) in [5.74, 6) is -1.06. The molecule has 0 unspecified atom stereocenters. The lowest BCUT2D eigenvalue weighted by Crippen LogP contribution is -2.33. The van der Waals surface area contributed by atoms with Crippen LogP contribution in [-0.4, -0.2) is 59.7 Å². The molecule has 2 rings (SSSR count). The molecule has 8 heteroatoms. The van der Waals surface area contributed by atoms with Crippen LogP contribution in [0.1, 0.15) is 19.4 Å². The third-order valence-corrected chi connectivity index (χ3v) is 4.89. The third-order valence-electron chi connectivity index (χ3n) is 4.89. The number of esters is 2. The molecule has 1 aromatic carbocycles. The predicted molar refractivity (Wildman–Crippen MR) is 120 cm³/mol. The van der Waals surface area contributed by atoms with Crippen molar-refractivity contribution < 1.29 is 33.3 Å². The molecule has 8 nitrogen and oxygen atoms in total. The number of hydrogen-bond acceptors (Lipinski definition) is 8. The second-order valence-electron chi connectivity index (χ2n) is 7.04. The van der Waals surface area contributed by atoms with Gasteiger partial charge in [-0.05, 0) is 19.9 Å². The Hall–Kier alpha value is -3.10. The molecule has 1 heterocycles.